The Bertz CT molecular complexity index is 1880. The van der Waals surface area contributed by atoms with Crippen LogP contribution in [0.4, 0.5) is 18.9 Å². The molecule has 0 bridgehead atoms. The number of imidazole rings is 1. The lowest BCUT2D eigenvalue weighted by molar-refractivity contribution is -0.192. The fourth-order valence-corrected chi connectivity index (χ4v) is 7.66. The molecule has 4 aromatic rings. The van der Waals surface area contributed by atoms with E-state index in [1.54, 1.807) is 39.0 Å². The van der Waals surface area contributed by atoms with Crippen LogP contribution in [0.15, 0.2) is 72.8 Å². The van der Waals surface area contributed by atoms with E-state index in [0.29, 0.717) is 27.9 Å². The van der Waals surface area contributed by atoms with Gasteiger partial charge in [0.15, 0.2) is 5.11 Å². The number of alkyl halides is 3. The molecule has 0 spiro atoms. The molecule has 5 rings (SSSR count). The van der Waals surface area contributed by atoms with Crippen LogP contribution in [0.25, 0.3) is 11.0 Å². The third-order valence-electron chi connectivity index (χ3n) is 6.97. The number of amides is 1. The Morgan fingerprint density at radius 2 is 1.72 bits per heavy atom. The summed E-state index contributed by atoms with van der Waals surface area (Å²) in [4.78, 5) is 29.6. The van der Waals surface area contributed by atoms with Crippen molar-refractivity contribution in [3.05, 3.63) is 94.8 Å². The van der Waals surface area contributed by atoms with Gasteiger partial charge in [0.05, 0.1) is 29.0 Å². The van der Waals surface area contributed by atoms with Crippen molar-refractivity contribution in [1.82, 2.24) is 19.6 Å². The Hall–Kier alpha value is -4.21. The number of carbonyl (C=O) groups excluding carboxylic acids is 1. The predicted molar refractivity (Wildman–Crippen MR) is 176 cm³/mol. The molecule has 1 unspecified atom stereocenters. The van der Waals surface area contributed by atoms with Crippen molar-refractivity contribution in [2.24, 2.45) is 0 Å². The standard InChI is InChI=1S/C29H30ClN5O3S2.C2HF3O2/c1-29(2,3)35-26(36)17-25(40(35,37)38)19-11-9-18(10-12-19)15-24(34-28(39)31-21-7-5-4-6-8-21)27-32-22-14-13-20(30)16-23(22)33-27;3-2(4,5)1(6)7/h4-14,16,24-25H,15,17H2,1-3H3,(H,32,33)(H2,31,34,39);(H,6,7)/t24-,25?;/m0./s1. The highest BCUT2D eigenvalue weighted by Crippen LogP contribution is 2.40. The van der Waals surface area contributed by atoms with Crippen molar-refractivity contribution in [3.63, 3.8) is 0 Å². The van der Waals surface area contributed by atoms with Crippen LogP contribution in [0.2, 0.25) is 5.02 Å². The number of anilines is 1. The molecule has 1 aliphatic rings. The highest BCUT2D eigenvalue weighted by Gasteiger charge is 2.49. The van der Waals surface area contributed by atoms with Gasteiger partial charge in [-0.05, 0) is 80.9 Å². The molecule has 0 saturated carbocycles. The third-order valence-corrected chi connectivity index (χ3v) is 9.85. The summed E-state index contributed by atoms with van der Waals surface area (Å²) in [6, 6.07) is 22.1. The highest BCUT2D eigenvalue weighted by molar-refractivity contribution is 7.90. The number of sulfonamides is 1. The lowest BCUT2D eigenvalue weighted by Crippen LogP contribution is -2.45. The number of rotatable bonds is 6. The molecule has 3 aromatic carbocycles. The number of thiocarbonyl (C=S) groups is 1. The largest absolute Gasteiger partial charge is 0.490 e. The SMILES string of the molecule is CC(C)(C)N1C(=O)CC(c2ccc(C[C@H](NC(=S)Nc3ccccc3)c3nc4ccc(Cl)cc4[nH]3)cc2)S1(=O)=O.O=C(O)C(F)(F)F. The molecule has 2 heterocycles. The maximum absolute atomic E-state index is 13.2. The smallest absolute Gasteiger partial charge is 0.475 e. The van der Waals surface area contributed by atoms with E-state index in [-0.39, 0.29) is 18.4 Å². The Morgan fingerprint density at radius 3 is 2.28 bits per heavy atom. The number of H-pyrrole nitrogens is 1. The zero-order valence-corrected chi connectivity index (χ0v) is 27.7. The molecule has 0 radical (unpaired) electrons. The van der Waals surface area contributed by atoms with E-state index in [9.17, 15) is 26.4 Å². The van der Waals surface area contributed by atoms with Gasteiger partial charge in [0, 0.05) is 10.7 Å². The van der Waals surface area contributed by atoms with Crippen molar-refractivity contribution in [3.8, 4) is 0 Å². The number of benzene rings is 3. The zero-order valence-electron chi connectivity index (χ0n) is 25.3. The molecule has 1 aliphatic heterocycles. The van der Waals surface area contributed by atoms with Crippen LogP contribution in [0, 0.1) is 0 Å². The van der Waals surface area contributed by atoms with Crippen LogP contribution in [0.5, 0.6) is 0 Å². The van der Waals surface area contributed by atoms with Gasteiger partial charge in [0.25, 0.3) is 0 Å². The number of hydrogen-bond acceptors (Lipinski definition) is 6. The number of fused-ring (bicyclic) bond motifs is 1. The average Bonchev–Trinajstić information content (AvgIpc) is 3.49. The quantitative estimate of drug-likeness (QED) is 0.165. The number of aliphatic carboxylic acids is 1. The number of carboxylic acid groups (broad SMARTS) is 1. The van der Waals surface area contributed by atoms with Gasteiger partial charge in [-0.25, -0.2) is 22.5 Å². The number of aromatic nitrogens is 2. The summed E-state index contributed by atoms with van der Waals surface area (Å²) in [6.45, 7) is 5.18. The van der Waals surface area contributed by atoms with Crippen LogP contribution in [-0.4, -0.2) is 56.5 Å². The second-order valence-electron chi connectivity index (χ2n) is 11.6. The highest BCUT2D eigenvalue weighted by atomic mass is 35.5. The summed E-state index contributed by atoms with van der Waals surface area (Å²) in [5, 5.41) is 13.8. The van der Waals surface area contributed by atoms with Gasteiger partial charge in [-0.1, -0.05) is 54.1 Å². The predicted octanol–water partition coefficient (Wildman–Crippen LogP) is 6.52. The van der Waals surface area contributed by atoms with Crippen molar-refractivity contribution in [2.75, 3.05) is 5.32 Å². The van der Waals surface area contributed by atoms with Gasteiger partial charge in [-0.15, -0.1) is 0 Å². The topological polar surface area (TPSA) is 144 Å². The molecular weight excluding hydrogens is 679 g/mol. The van der Waals surface area contributed by atoms with Gasteiger partial charge < -0.3 is 20.7 Å². The molecule has 1 fully saturated rings. The molecular formula is C31H31ClF3N5O5S2. The maximum Gasteiger partial charge on any atom is 0.490 e. The minimum Gasteiger partial charge on any atom is -0.475 e. The van der Waals surface area contributed by atoms with Crippen LogP contribution in [0.1, 0.15) is 55.4 Å². The molecule has 4 N–H and O–H groups in total. The fourth-order valence-electron chi connectivity index (χ4n) is 5.00. The first-order chi connectivity index (χ1) is 21.9. The molecule has 250 valence electrons. The summed E-state index contributed by atoms with van der Waals surface area (Å²) in [5.74, 6) is -2.45. The van der Waals surface area contributed by atoms with Crippen LogP contribution in [0.3, 0.4) is 0 Å². The van der Waals surface area contributed by atoms with Gasteiger partial charge in [0.2, 0.25) is 15.9 Å². The van der Waals surface area contributed by atoms with Crippen molar-refractivity contribution in [2.45, 2.75) is 56.6 Å². The number of aromatic amines is 1. The van der Waals surface area contributed by atoms with Crippen LogP contribution < -0.4 is 10.6 Å². The first-order valence-corrected chi connectivity index (χ1v) is 16.4. The minimum atomic E-state index is -5.08. The molecule has 2 atom stereocenters. The van der Waals surface area contributed by atoms with Crippen LogP contribution in [-0.2, 0) is 26.0 Å². The second-order valence-corrected chi connectivity index (χ2v) is 14.4. The van der Waals surface area contributed by atoms with Gasteiger partial charge in [-0.2, -0.15) is 13.2 Å². The first-order valence-electron chi connectivity index (χ1n) is 14.1. The minimum absolute atomic E-state index is 0.0654. The van der Waals surface area contributed by atoms with Gasteiger partial charge >= 0.3 is 12.1 Å². The van der Waals surface area contributed by atoms with E-state index in [4.69, 9.17) is 38.7 Å². The maximum atomic E-state index is 13.2. The summed E-state index contributed by atoms with van der Waals surface area (Å²) in [6.07, 6.45) is -4.64. The first kappa shape index (κ1) is 35.6. The molecule has 0 aliphatic carbocycles. The number of hydrogen-bond donors (Lipinski definition) is 4. The number of carboxylic acids is 1. The van der Waals surface area contributed by atoms with E-state index in [2.05, 4.69) is 15.6 Å². The van der Waals surface area contributed by atoms with Crippen molar-refractivity contribution >= 4 is 67.6 Å². The number of nitrogens with zero attached hydrogens (tertiary/aromatic N) is 2. The summed E-state index contributed by atoms with van der Waals surface area (Å²) < 4.78 is 59.2. The van der Waals surface area contributed by atoms with Gasteiger partial charge in [0.1, 0.15) is 11.1 Å². The Morgan fingerprint density at radius 1 is 1.11 bits per heavy atom. The number of carbonyl (C=O) groups is 2. The molecule has 47 heavy (non-hydrogen) atoms. The summed E-state index contributed by atoms with van der Waals surface area (Å²) in [7, 11) is -3.81. The Kier molecular flexibility index (Phi) is 10.5. The molecule has 1 aromatic heterocycles. The molecule has 16 heteroatoms. The number of nitrogens with one attached hydrogen (secondary N) is 3. The third kappa shape index (κ3) is 8.78. The van der Waals surface area contributed by atoms with Gasteiger partial charge in [-0.3, -0.25) is 4.79 Å². The van der Waals surface area contributed by atoms with Crippen molar-refractivity contribution < 1.29 is 36.3 Å². The normalized spacial score (nSPS) is 16.7. The average molecular weight is 710 g/mol. The fraction of sp³-hybridized carbons (Fsp3) is 0.290. The summed E-state index contributed by atoms with van der Waals surface area (Å²) >= 11 is 11.8. The zero-order chi connectivity index (χ0) is 34.7. The lowest BCUT2D eigenvalue weighted by Gasteiger charge is -2.30. The van der Waals surface area contributed by atoms with Crippen molar-refractivity contribution in [1.29, 1.82) is 0 Å². The Balaban J connectivity index is 0.000000644. The van der Waals surface area contributed by atoms with E-state index in [1.165, 1.54) is 0 Å². The molecule has 1 amide bonds. The lowest BCUT2D eigenvalue weighted by atomic mass is 10.0. The molecule has 10 nitrogen and oxygen atoms in total. The number of para-hydroxylation sites is 1. The Labute approximate surface area is 279 Å². The van der Waals surface area contributed by atoms with E-state index in [1.807, 2.05) is 54.6 Å². The van der Waals surface area contributed by atoms with E-state index >= 15 is 0 Å². The second kappa shape index (κ2) is 13.9. The number of halogens is 4. The molecule has 1 saturated heterocycles. The van der Waals surface area contributed by atoms with E-state index in [0.717, 1.165) is 26.6 Å². The van der Waals surface area contributed by atoms with E-state index < -0.39 is 33.0 Å². The van der Waals surface area contributed by atoms with Crippen LogP contribution >= 0.6 is 23.8 Å². The monoisotopic (exact) mass is 709 g/mol. The summed E-state index contributed by atoms with van der Waals surface area (Å²) in [5.41, 5.74) is 3.17.